The number of halogens is 1. The fraction of sp³-hybridized carbons (Fsp3) is 0.441. The van der Waals surface area contributed by atoms with Crippen LogP contribution < -0.4 is 9.80 Å². The summed E-state index contributed by atoms with van der Waals surface area (Å²) in [6, 6.07) is 14.8. The lowest BCUT2D eigenvalue weighted by molar-refractivity contribution is -0.130. The molecule has 0 bridgehead atoms. The molecule has 0 amide bonds. The second kappa shape index (κ2) is 15.7. The molecular formula is C34H45BrN4O2. The number of carbonyl (C=O) groups excluding carboxylic acids is 1. The minimum Gasteiger partial charge on any atom is -0.468 e. The number of nitrogens with zero attached hydrogens (tertiary/aromatic N) is 4. The maximum Gasteiger partial charge on any atom is 0.293 e. The maximum atomic E-state index is 10.5. The van der Waals surface area contributed by atoms with Gasteiger partial charge >= 0.3 is 0 Å². The molecule has 220 valence electrons. The Hall–Kier alpha value is -3.19. The van der Waals surface area contributed by atoms with Crippen molar-refractivity contribution in [1.29, 1.82) is 0 Å². The predicted molar refractivity (Wildman–Crippen MR) is 174 cm³/mol. The number of allylic oxidation sites excluding steroid dienone is 1. The number of hydrogen-bond donors (Lipinski definition) is 0. The van der Waals surface area contributed by atoms with Gasteiger partial charge in [0.05, 0.1) is 12.3 Å². The lowest BCUT2D eigenvalue weighted by atomic mass is 9.94. The van der Waals surface area contributed by atoms with Crippen molar-refractivity contribution >= 4 is 39.7 Å². The van der Waals surface area contributed by atoms with Crippen LogP contribution in [-0.2, 0) is 16.0 Å². The molecule has 0 spiro atoms. The summed E-state index contributed by atoms with van der Waals surface area (Å²) in [4.78, 5) is 24.9. The lowest BCUT2D eigenvalue weighted by Gasteiger charge is -2.37. The number of piperidine rings is 1. The largest absolute Gasteiger partial charge is 0.468 e. The van der Waals surface area contributed by atoms with Crippen molar-refractivity contribution < 1.29 is 9.53 Å². The van der Waals surface area contributed by atoms with E-state index in [0.717, 1.165) is 54.3 Å². The Kier molecular flexibility index (Phi) is 12.4. The van der Waals surface area contributed by atoms with Gasteiger partial charge in [0.2, 0.25) is 0 Å². The highest BCUT2D eigenvalue weighted by Gasteiger charge is 2.31. The molecule has 1 saturated heterocycles. The van der Waals surface area contributed by atoms with Gasteiger partial charge < -0.3 is 14.5 Å². The van der Waals surface area contributed by atoms with Crippen molar-refractivity contribution in [3.8, 4) is 0 Å². The van der Waals surface area contributed by atoms with E-state index in [1.54, 1.807) is 0 Å². The topological polar surface area (TPSA) is 58.6 Å². The van der Waals surface area contributed by atoms with Crippen LogP contribution in [0.2, 0.25) is 0 Å². The molecule has 3 aromatic rings. The van der Waals surface area contributed by atoms with Crippen LogP contribution >= 0.6 is 15.9 Å². The van der Waals surface area contributed by atoms with Crippen LogP contribution in [0.25, 0.3) is 0 Å². The third-order valence-corrected chi connectivity index (χ3v) is 7.94. The normalized spacial score (nSPS) is 16.1. The molecule has 7 heteroatoms. The fourth-order valence-corrected chi connectivity index (χ4v) is 6.12. The van der Waals surface area contributed by atoms with Crippen LogP contribution in [0.15, 0.2) is 59.2 Å². The van der Waals surface area contributed by atoms with Crippen molar-refractivity contribution in [3.63, 3.8) is 0 Å². The molecule has 1 aromatic heterocycles. The fourth-order valence-electron chi connectivity index (χ4n) is 5.43. The maximum absolute atomic E-state index is 10.5. The summed E-state index contributed by atoms with van der Waals surface area (Å²) in [5.41, 5.74) is 6.16. The van der Waals surface area contributed by atoms with Crippen LogP contribution in [0.3, 0.4) is 0 Å². The molecule has 1 atom stereocenters. The Morgan fingerprint density at radius 1 is 1.00 bits per heavy atom. The van der Waals surface area contributed by atoms with Gasteiger partial charge in [0, 0.05) is 35.2 Å². The average molecular weight is 622 g/mol. The zero-order chi connectivity index (χ0) is 29.9. The summed E-state index contributed by atoms with van der Waals surface area (Å²) in [6.07, 6.45) is 7.50. The molecule has 0 saturated carbocycles. The van der Waals surface area contributed by atoms with Gasteiger partial charge in [-0.15, -0.1) is 0 Å². The number of fused-ring (bicyclic) bond motifs is 1. The standard InChI is InChI=1S/C24H29BrN4O2.C8H10.C2H6/c1-15-5-10-29(22-16(2)11-20(25)12-17(22)3)24-21(15)23(26-18(4)27-24)28-8-6-19(7-9-28)13-31-14-30;1-2-8-6-4-3-5-7-8;1-2/h5,10-12,14-15,19H,6-9,13H2,1-4H3;3-7H,2H2,1H3;1-2H3. The summed E-state index contributed by atoms with van der Waals surface area (Å²) in [5.74, 6) is 3.43. The monoisotopic (exact) mass is 620 g/mol. The van der Waals surface area contributed by atoms with Gasteiger partial charge in [-0.05, 0) is 74.8 Å². The van der Waals surface area contributed by atoms with E-state index in [-0.39, 0.29) is 5.92 Å². The Morgan fingerprint density at radius 2 is 1.61 bits per heavy atom. The van der Waals surface area contributed by atoms with E-state index >= 15 is 0 Å². The number of anilines is 3. The van der Waals surface area contributed by atoms with E-state index < -0.39 is 0 Å². The lowest BCUT2D eigenvalue weighted by Crippen LogP contribution is -2.37. The second-order valence-corrected chi connectivity index (χ2v) is 11.3. The summed E-state index contributed by atoms with van der Waals surface area (Å²) in [5, 5.41) is 0. The highest BCUT2D eigenvalue weighted by Crippen LogP contribution is 2.44. The highest BCUT2D eigenvalue weighted by molar-refractivity contribution is 9.10. The number of benzene rings is 2. The smallest absolute Gasteiger partial charge is 0.293 e. The first-order valence-corrected chi connectivity index (χ1v) is 15.6. The number of aryl methyl sites for hydroxylation is 4. The zero-order valence-corrected chi connectivity index (χ0v) is 27.2. The van der Waals surface area contributed by atoms with Gasteiger partial charge in [0.25, 0.3) is 6.47 Å². The zero-order valence-electron chi connectivity index (χ0n) is 25.7. The van der Waals surface area contributed by atoms with Crippen molar-refractivity contribution in [2.75, 3.05) is 29.5 Å². The molecule has 0 N–H and O–H groups in total. The Labute approximate surface area is 255 Å². The van der Waals surface area contributed by atoms with Crippen LogP contribution in [0.4, 0.5) is 17.3 Å². The minimum atomic E-state index is 0.231. The van der Waals surface area contributed by atoms with Crippen molar-refractivity contribution in [1.82, 2.24) is 9.97 Å². The van der Waals surface area contributed by atoms with E-state index in [1.165, 1.54) is 27.9 Å². The minimum absolute atomic E-state index is 0.231. The third-order valence-electron chi connectivity index (χ3n) is 7.49. The van der Waals surface area contributed by atoms with E-state index in [4.69, 9.17) is 14.7 Å². The predicted octanol–water partition coefficient (Wildman–Crippen LogP) is 8.60. The SMILES string of the molecule is CC.CCc1ccccc1.Cc1nc(N2CCC(COC=O)CC2)c2c(n1)N(c1c(C)cc(Br)cc1C)C=CC2C. The van der Waals surface area contributed by atoms with Gasteiger partial charge in [-0.25, -0.2) is 9.97 Å². The molecule has 41 heavy (non-hydrogen) atoms. The average Bonchev–Trinajstić information content (AvgIpc) is 2.98. The van der Waals surface area contributed by atoms with Gasteiger partial charge in [-0.3, -0.25) is 4.79 Å². The molecule has 0 aliphatic carbocycles. The quantitative estimate of drug-likeness (QED) is 0.257. The van der Waals surface area contributed by atoms with Crippen LogP contribution in [0.1, 0.15) is 74.5 Å². The summed E-state index contributed by atoms with van der Waals surface area (Å²) in [7, 11) is 0. The second-order valence-electron chi connectivity index (χ2n) is 10.4. The first-order valence-electron chi connectivity index (χ1n) is 14.8. The summed E-state index contributed by atoms with van der Waals surface area (Å²) in [6.45, 7) is 17.5. The Morgan fingerprint density at radius 3 is 2.17 bits per heavy atom. The molecule has 1 unspecified atom stereocenters. The van der Waals surface area contributed by atoms with Gasteiger partial charge in [0.1, 0.15) is 17.5 Å². The van der Waals surface area contributed by atoms with Crippen LogP contribution in [0, 0.1) is 26.7 Å². The Bertz CT molecular complexity index is 1280. The van der Waals surface area contributed by atoms with Crippen molar-refractivity contribution in [2.24, 2.45) is 5.92 Å². The molecule has 0 radical (unpaired) electrons. The Balaban J connectivity index is 0.000000394. The summed E-state index contributed by atoms with van der Waals surface area (Å²) < 4.78 is 6.08. The molecule has 2 aliphatic rings. The molecule has 5 rings (SSSR count). The van der Waals surface area contributed by atoms with Crippen LogP contribution in [-0.4, -0.2) is 36.1 Å². The third kappa shape index (κ3) is 8.19. The number of hydrogen-bond acceptors (Lipinski definition) is 6. The molecule has 2 aromatic carbocycles. The number of rotatable bonds is 6. The van der Waals surface area contributed by atoms with Gasteiger partial charge in [0.15, 0.2) is 0 Å². The molecule has 2 aliphatic heterocycles. The van der Waals surface area contributed by atoms with Crippen molar-refractivity contribution in [3.05, 3.63) is 87.3 Å². The van der Waals surface area contributed by atoms with Gasteiger partial charge in [-0.1, -0.05) is 80.0 Å². The number of ether oxygens (including phenoxy) is 1. The summed E-state index contributed by atoms with van der Waals surface area (Å²) >= 11 is 3.61. The van der Waals surface area contributed by atoms with Crippen LogP contribution in [0.5, 0.6) is 0 Å². The number of carbonyl (C=O) groups is 1. The molecule has 3 heterocycles. The molecule has 6 nitrogen and oxygen atoms in total. The number of aromatic nitrogens is 2. The first kappa shape index (κ1) is 32.3. The highest BCUT2D eigenvalue weighted by atomic mass is 79.9. The van der Waals surface area contributed by atoms with E-state index in [2.05, 4.69) is 102 Å². The first-order chi connectivity index (χ1) is 19.8. The van der Waals surface area contributed by atoms with E-state index in [0.29, 0.717) is 19.0 Å². The van der Waals surface area contributed by atoms with E-state index in [9.17, 15) is 4.79 Å². The van der Waals surface area contributed by atoms with Crippen molar-refractivity contribution in [2.45, 2.75) is 73.6 Å². The molecule has 1 fully saturated rings. The molecular weight excluding hydrogens is 576 g/mol. The van der Waals surface area contributed by atoms with Gasteiger partial charge in [-0.2, -0.15) is 0 Å². The van der Waals surface area contributed by atoms with E-state index in [1.807, 2.05) is 26.8 Å².